The summed E-state index contributed by atoms with van der Waals surface area (Å²) in [6, 6.07) is 0. The van der Waals surface area contributed by atoms with E-state index < -0.39 is 6.17 Å². The van der Waals surface area contributed by atoms with Crippen molar-refractivity contribution in [1.82, 2.24) is 0 Å². The Balaban J connectivity index is 2.30. The summed E-state index contributed by atoms with van der Waals surface area (Å²) < 4.78 is 18.7. The lowest BCUT2D eigenvalue weighted by molar-refractivity contribution is -0.0380. The molecule has 0 N–H and O–H groups in total. The van der Waals surface area contributed by atoms with Gasteiger partial charge in [-0.15, -0.1) is 0 Å². The summed E-state index contributed by atoms with van der Waals surface area (Å²) in [5.41, 5.74) is 0. The van der Waals surface area contributed by atoms with E-state index in [1.807, 2.05) is 20.8 Å². The van der Waals surface area contributed by atoms with Crippen LogP contribution in [0.4, 0.5) is 4.39 Å². The van der Waals surface area contributed by atoms with E-state index in [2.05, 4.69) is 0 Å². The van der Waals surface area contributed by atoms with Crippen molar-refractivity contribution in [3.05, 3.63) is 0 Å². The number of halogens is 1. The molecular formula is C10H19FO. The van der Waals surface area contributed by atoms with Crippen molar-refractivity contribution in [2.24, 2.45) is 5.92 Å². The first kappa shape index (κ1) is 9.97. The third-order valence-corrected chi connectivity index (χ3v) is 2.48. The van der Waals surface area contributed by atoms with E-state index in [0.717, 1.165) is 12.8 Å². The standard InChI is InChI=1S/C10H19FO/c1-7(2)12-9-4-5-10(11)8(3)6-9/h7-10H,4-6H2,1-3H3. The van der Waals surface area contributed by atoms with Gasteiger partial charge in [0.25, 0.3) is 0 Å². The van der Waals surface area contributed by atoms with E-state index in [-0.39, 0.29) is 12.0 Å². The minimum Gasteiger partial charge on any atom is -0.376 e. The smallest absolute Gasteiger partial charge is 0.103 e. The van der Waals surface area contributed by atoms with Gasteiger partial charge in [0.1, 0.15) is 6.17 Å². The quantitative estimate of drug-likeness (QED) is 0.625. The van der Waals surface area contributed by atoms with Crippen molar-refractivity contribution in [2.45, 2.75) is 58.4 Å². The van der Waals surface area contributed by atoms with Crippen LogP contribution in [-0.2, 0) is 4.74 Å². The molecule has 0 aromatic rings. The van der Waals surface area contributed by atoms with Crippen LogP contribution >= 0.6 is 0 Å². The van der Waals surface area contributed by atoms with Crippen LogP contribution in [0.25, 0.3) is 0 Å². The Kier molecular flexibility index (Phi) is 3.51. The van der Waals surface area contributed by atoms with Gasteiger partial charge < -0.3 is 4.74 Å². The number of hydrogen-bond donors (Lipinski definition) is 0. The average molecular weight is 174 g/mol. The number of rotatable bonds is 2. The highest BCUT2D eigenvalue weighted by atomic mass is 19.1. The number of alkyl halides is 1. The van der Waals surface area contributed by atoms with Gasteiger partial charge in [0, 0.05) is 0 Å². The first-order valence-corrected chi connectivity index (χ1v) is 4.89. The van der Waals surface area contributed by atoms with E-state index in [1.54, 1.807) is 0 Å². The van der Waals surface area contributed by atoms with E-state index in [0.29, 0.717) is 12.5 Å². The molecule has 1 rings (SSSR count). The van der Waals surface area contributed by atoms with E-state index in [1.165, 1.54) is 0 Å². The third kappa shape index (κ3) is 2.74. The van der Waals surface area contributed by atoms with Crippen LogP contribution in [0.1, 0.15) is 40.0 Å². The van der Waals surface area contributed by atoms with Crippen molar-refractivity contribution in [1.29, 1.82) is 0 Å². The second kappa shape index (κ2) is 4.22. The molecule has 1 nitrogen and oxygen atoms in total. The first-order valence-electron chi connectivity index (χ1n) is 4.89. The van der Waals surface area contributed by atoms with E-state index >= 15 is 0 Å². The molecule has 0 radical (unpaired) electrons. The lowest BCUT2D eigenvalue weighted by Crippen LogP contribution is -2.30. The highest BCUT2D eigenvalue weighted by Crippen LogP contribution is 2.29. The van der Waals surface area contributed by atoms with Crippen molar-refractivity contribution in [2.75, 3.05) is 0 Å². The highest BCUT2D eigenvalue weighted by molar-refractivity contribution is 4.78. The fraction of sp³-hybridized carbons (Fsp3) is 1.00. The van der Waals surface area contributed by atoms with Gasteiger partial charge in [-0.2, -0.15) is 0 Å². The van der Waals surface area contributed by atoms with Crippen molar-refractivity contribution >= 4 is 0 Å². The van der Waals surface area contributed by atoms with E-state index in [9.17, 15) is 4.39 Å². The maximum absolute atomic E-state index is 13.0. The number of ether oxygens (including phenoxy) is 1. The Hall–Kier alpha value is -0.110. The van der Waals surface area contributed by atoms with Gasteiger partial charge in [-0.1, -0.05) is 6.92 Å². The molecule has 3 unspecified atom stereocenters. The zero-order valence-electron chi connectivity index (χ0n) is 8.22. The summed E-state index contributed by atoms with van der Waals surface area (Å²) >= 11 is 0. The highest BCUT2D eigenvalue weighted by Gasteiger charge is 2.27. The molecule has 0 heterocycles. The molecule has 0 saturated heterocycles. The Bertz CT molecular complexity index is 136. The summed E-state index contributed by atoms with van der Waals surface area (Å²) in [4.78, 5) is 0. The molecule has 72 valence electrons. The van der Waals surface area contributed by atoms with Crippen LogP contribution < -0.4 is 0 Å². The second-order valence-corrected chi connectivity index (χ2v) is 4.11. The molecule has 1 aliphatic carbocycles. The van der Waals surface area contributed by atoms with Crippen molar-refractivity contribution in [3.8, 4) is 0 Å². The van der Waals surface area contributed by atoms with Crippen molar-refractivity contribution in [3.63, 3.8) is 0 Å². The molecule has 1 fully saturated rings. The predicted octanol–water partition coefficient (Wildman–Crippen LogP) is 2.94. The predicted molar refractivity (Wildman–Crippen MR) is 47.9 cm³/mol. The molecule has 1 saturated carbocycles. The van der Waals surface area contributed by atoms with Gasteiger partial charge in [0.15, 0.2) is 0 Å². The summed E-state index contributed by atoms with van der Waals surface area (Å²) in [5.74, 6) is 0.183. The molecular weight excluding hydrogens is 155 g/mol. The molecule has 0 bridgehead atoms. The molecule has 3 atom stereocenters. The maximum Gasteiger partial charge on any atom is 0.103 e. The maximum atomic E-state index is 13.0. The molecule has 0 aromatic carbocycles. The monoisotopic (exact) mass is 174 g/mol. The Labute approximate surface area is 74.3 Å². The summed E-state index contributed by atoms with van der Waals surface area (Å²) in [6.45, 7) is 6.04. The Morgan fingerprint density at radius 1 is 1.33 bits per heavy atom. The van der Waals surface area contributed by atoms with Crippen LogP contribution in [0.2, 0.25) is 0 Å². The van der Waals surface area contributed by atoms with Gasteiger partial charge in [0.2, 0.25) is 0 Å². The van der Waals surface area contributed by atoms with Gasteiger partial charge in [-0.3, -0.25) is 0 Å². The van der Waals surface area contributed by atoms with Crippen LogP contribution in [0.15, 0.2) is 0 Å². The minimum absolute atomic E-state index is 0.183. The van der Waals surface area contributed by atoms with Gasteiger partial charge in [0.05, 0.1) is 12.2 Å². The van der Waals surface area contributed by atoms with E-state index in [4.69, 9.17) is 4.74 Å². The molecule has 0 aliphatic heterocycles. The summed E-state index contributed by atoms with van der Waals surface area (Å²) in [5, 5.41) is 0. The zero-order valence-corrected chi connectivity index (χ0v) is 8.22. The lowest BCUT2D eigenvalue weighted by atomic mass is 9.87. The molecule has 0 amide bonds. The lowest BCUT2D eigenvalue weighted by Gasteiger charge is -2.30. The number of hydrogen-bond acceptors (Lipinski definition) is 1. The van der Waals surface area contributed by atoms with Crippen LogP contribution in [0.3, 0.4) is 0 Å². The topological polar surface area (TPSA) is 9.23 Å². The Morgan fingerprint density at radius 2 is 2.00 bits per heavy atom. The largest absolute Gasteiger partial charge is 0.376 e. The van der Waals surface area contributed by atoms with Crippen LogP contribution in [0, 0.1) is 5.92 Å². The molecule has 2 heteroatoms. The zero-order chi connectivity index (χ0) is 9.14. The third-order valence-electron chi connectivity index (χ3n) is 2.48. The second-order valence-electron chi connectivity index (χ2n) is 4.11. The molecule has 0 spiro atoms. The fourth-order valence-electron chi connectivity index (χ4n) is 1.82. The minimum atomic E-state index is -0.600. The SMILES string of the molecule is CC(C)OC1CCC(F)C(C)C1. The normalized spacial score (nSPS) is 37.2. The van der Waals surface area contributed by atoms with Gasteiger partial charge >= 0.3 is 0 Å². The van der Waals surface area contributed by atoms with Crippen LogP contribution in [0.5, 0.6) is 0 Å². The molecule has 0 aromatic heterocycles. The summed E-state index contributed by atoms with van der Waals surface area (Å²) in [6.07, 6.45) is 2.43. The first-order chi connectivity index (χ1) is 5.59. The Morgan fingerprint density at radius 3 is 2.50 bits per heavy atom. The molecule has 1 aliphatic rings. The average Bonchev–Trinajstić information content (AvgIpc) is 1.96. The molecule has 12 heavy (non-hydrogen) atoms. The van der Waals surface area contributed by atoms with Gasteiger partial charge in [-0.05, 0) is 39.0 Å². The van der Waals surface area contributed by atoms with Crippen LogP contribution in [-0.4, -0.2) is 18.4 Å². The van der Waals surface area contributed by atoms with Gasteiger partial charge in [-0.25, -0.2) is 4.39 Å². The fourth-order valence-corrected chi connectivity index (χ4v) is 1.82. The van der Waals surface area contributed by atoms with Crippen molar-refractivity contribution < 1.29 is 9.13 Å². The summed E-state index contributed by atoms with van der Waals surface area (Å²) in [7, 11) is 0.